The Morgan fingerprint density at radius 1 is 1.35 bits per heavy atom. The standard InChI is InChI=1S/C12H29N3O2/c1-6-15(10(2)7-14(3)4)12(8-16)11(13)9-17-5/h10-12,16H,6-9,13H2,1-5H3. The van der Waals surface area contributed by atoms with E-state index in [1.807, 2.05) is 14.1 Å². The van der Waals surface area contributed by atoms with E-state index in [-0.39, 0.29) is 18.7 Å². The normalized spacial score (nSPS) is 17.5. The summed E-state index contributed by atoms with van der Waals surface area (Å²) < 4.78 is 5.07. The number of hydrogen-bond acceptors (Lipinski definition) is 5. The van der Waals surface area contributed by atoms with E-state index in [9.17, 15) is 5.11 Å². The number of nitrogens with two attached hydrogens (primary N) is 1. The second-order valence-corrected chi connectivity index (χ2v) is 4.81. The maximum Gasteiger partial charge on any atom is 0.0629 e. The van der Waals surface area contributed by atoms with Crippen molar-refractivity contribution in [3.05, 3.63) is 0 Å². The third-order valence-corrected chi connectivity index (χ3v) is 3.03. The van der Waals surface area contributed by atoms with Crippen molar-refractivity contribution in [3.63, 3.8) is 0 Å². The highest BCUT2D eigenvalue weighted by Crippen LogP contribution is 2.09. The molecule has 0 fully saturated rings. The zero-order valence-corrected chi connectivity index (χ0v) is 11.9. The first kappa shape index (κ1) is 16.8. The Morgan fingerprint density at radius 2 is 1.94 bits per heavy atom. The second-order valence-electron chi connectivity index (χ2n) is 4.81. The zero-order chi connectivity index (χ0) is 13.4. The molecule has 0 bridgehead atoms. The molecular weight excluding hydrogens is 218 g/mol. The molecule has 0 spiro atoms. The molecule has 0 aliphatic rings. The molecule has 0 aliphatic carbocycles. The summed E-state index contributed by atoms with van der Waals surface area (Å²) in [6, 6.07) is 0.152. The van der Waals surface area contributed by atoms with Crippen molar-refractivity contribution in [2.45, 2.75) is 32.0 Å². The van der Waals surface area contributed by atoms with Crippen LogP contribution in [0.2, 0.25) is 0 Å². The molecule has 0 radical (unpaired) electrons. The number of ether oxygens (including phenoxy) is 1. The summed E-state index contributed by atoms with van der Waals surface area (Å²) in [6.07, 6.45) is 0. The zero-order valence-electron chi connectivity index (χ0n) is 11.9. The first-order chi connectivity index (χ1) is 7.97. The van der Waals surface area contributed by atoms with Gasteiger partial charge >= 0.3 is 0 Å². The number of methoxy groups -OCH3 is 1. The summed E-state index contributed by atoms with van der Waals surface area (Å²) in [5.74, 6) is 0. The molecule has 0 aromatic carbocycles. The van der Waals surface area contributed by atoms with E-state index < -0.39 is 0 Å². The molecule has 104 valence electrons. The molecule has 5 nitrogen and oxygen atoms in total. The Bertz CT molecular complexity index is 191. The Labute approximate surface area is 106 Å². The molecule has 3 unspecified atom stereocenters. The maximum atomic E-state index is 9.52. The van der Waals surface area contributed by atoms with Gasteiger partial charge in [0, 0.05) is 25.7 Å². The molecule has 0 rings (SSSR count). The van der Waals surface area contributed by atoms with Gasteiger partial charge in [-0.2, -0.15) is 0 Å². The van der Waals surface area contributed by atoms with Gasteiger partial charge in [-0.15, -0.1) is 0 Å². The van der Waals surface area contributed by atoms with Gasteiger partial charge < -0.3 is 20.5 Å². The molecule has 0 saturated carbocycles. The fourth-order valence-corrected chi connectivity index (χ4v) is 2.30. The number of rotatable bonds is 9. The molecule has 5 heteroatoms. The number of aliphatic hydroxyl groups excluding tert-OH is 1. The summed E-state index contributed by atoms with van der Waals surface area (Å²) in [4.78, 5) is 4.38. The Morgan fingerprint density at radius 3 is 2.29 bits per heavy atom. The predicted octanol–water partition coefficient (Wildman–Crippen LogP) is -0.407. The van der Waals surface area contributed by atoms with Gasteiger partial charge in [0.2, 0.25) is 0 Å². The van der Waals surface area contributed by atoms with E-state index in [0.717, 1.165) is 13.1 Å². The number of nitrogens with zero attached hydrogens (tertiary/aromatic N) is 2. The molecule has 0 heterocycles. The average molecular weight is 247 g/mol. The van der Waals surface area contributed by atoms with Crippen molar-refractivity contribution in [2.75, 3.05) is 47.5 Å². The fraction of sp³-hybridized carbons (Fsp3) is 1.00. The third-order valence-electron chi connectivity index (χ3n) is 3.03. The lowest BCUT2D eigenvalue weighted by atomic mass is 10.1. The minimum atomic E-state index is -0.158. The number of hydrogen-bond donors (Lipinski definition) is 2. The minimum absolute atomic E-state index is 0.0464. The quantitative estimate of drug-likeness (QED) is 0.580. The second kappa shape index (κ2) is 8.83. The van der Waals surface area contributed by atoms with Gasteiger partial charge in [0.25, 0.3) is 0 Å². The van der Waals surface area contributed by atoms with E-state index in [4.69, 9.17) is 10.5 Å². The lowest BCUT2D eigenvalue weighted by Crippen LogP contribution is -2.56. The van der Waals surface area contributed by atoms with Gasteiger partial charge in [-0.3, -0.25) is 4.90 Å². The summed E-state index contributed by atoms with van der Waals surface area (Å²) in [6.45, 7) is 6.61. The number of likely N-dealkylation sites (N-methyl/N-ethyl adjacent to an activating group) is 2. The van der Waals surface area contributed by atoms with Gasteiger partial charge in [0.05, 0.1) is 19.3 Å². The van der Waals surface area contributed by atoms with Crippen LogP contribution in [0, 0.1) is 0 Å². The lowest BCUT2D eigenvalue weighted by Gasteiger charge is -2.38. The van der Waals surface area contributed by atoms with Crippen molar-refractivity contribution in [3.8, 4) is 0 Å². The van der Waals surface area contributed by atoms with Gasteiger partial charge in [-0.05, 0) is 27.6 Å². The van der Waals surface area contributed by atoms with Gasteiger partial charge in [0.1, 0.15) is 0 Å². The highest BCUT2D eigenvalue weighted by molar-refractivity contribution is 4.84. The monoisotopic (exact) mass is 247 g/mol. The van der Waals surface area contributed by atoms with Crippen LogP contribution in [-0.2, 0) is 4.74 Å². The molecule has 17 heavy (non-hydrogen) atoms. The van der Waals surface area contributed by atoms with Crippen molar-refractivity contribution < 1.29 is 9.84 Å². The predicted molar refractivity (Wildman–Crippen MR) is 71.1 cm³/mol. The van der Waals surface area contributed by atoms with Gasteiger partial charge in [-0.1, -0.05) is 6.92 Å². The molecular formula is C12H29N3O2. The third kappa shape index (κ3) is 5.79. The van der Waals surface area contributed by atoms with E-state index in [1.165, 1.54) is 0 Å². The van der Waals surface area contributed by atoms with Crippen LogP contribution >= 0.6 is 0 Å². The molecule has 3 atom stereocenters. The summed E-state index contributed by atoms with van der Waals surface area (Å²) in [7, 11) is 5.73. The van der Waals surface area contributed by atoms with Crippen LogP contribution in [0.15, 0.2) is 0 Å². The molecule has 0 saturated heterocycles. The van der Waals surface area contributed by atoms with Crippen molar-refractivity contribution >= 4 is 0 Å². The van der Waals surface area contributed by atoms with E-state index in [0.29, 0.717) is 12.6 Å². The first-order valence-electron chi connectivity index (χ1n) is 6.23. The van der Waals surface area contributed by atoms with Crippen LogP contribution in [0.1, 0.15) is 13.8 Å². The number of aliphatic hydroxyl groups is 1. The van der Waals surface area contributed by atoms with Crippen LogP contribution < -0.4 is 5.73 Å². The van der Waals surface area contributed by atoms with Crippen LogP contribution in [0.5, 0.6) is 0 Å². The summed E-state index contributed by atoms with van der Waals surface area (Å²) in [5.41, 5.74) is 6.04. The van der Waals surface area contributed by atoms with Gasteiger partial charge in [-0.25, -0.2) is 0 Å². The molecule has 0 aromatic rings. The highest BCUT2D eigenvalue weighted by Gasteiger charge is 2.27. The van der Waals surface area contributed by atoms with E-state index in [2.05, 4.69) is 23.6 Å². The molecule has 0 aliphatic heterocycles. The van der Waals surface area contributed by atoms with Crippen molar-refractivity contribution in [1.29, 1.82) is 0 Å². The summed E-state index contributed by atoms with van der Waals surface area (Å²) in [5, 5.41) is 9.52. The maximum absolute atomic E-state index is 9.52. The van der Waals surface area contributed by atoms with Crippen LogP contribution in [-0.4, -0.2) is 80.5 Å². The Balaban J connectivity index is 4.56. The van der Waals surface area contributed by atoms with Crippen LogP contribution in [0.25, 0.3) is 0 Å². The van der Waals surface area contributed by atoms with Crippen molar-refractivity contribution in [1.82, 2.24) is 9.80 Å². The molecule has 0 aromatic heterocycles. The van der Waals surface area contributed by atoms with E-state index >= 15 is 0 Å². The average Bonchev–Trinajstić information content (AvgIpc) is 2.24. The topological polar surface area (TPSA) is 62.0 Å². The first-order valence-corrected chi connectivity index (χ1v) is 6.23. The smallest absolute Gasteiger partial charge is 0.0629 e. The fourth-order valence-electron chi connectivity index (χ4n) is 2.30. The Hall–Kier alpha value is -0.200. The highest BCUT2D eigenvalue weighted by atomic mass is 16.5. The molecule has 0 amide bonds. The van der Waals surface area contributed by atoms with Crippen LogP contribution in [0.3, 0.4) is 0 Å². The van der Waals surface area contributed by atoms with E-state index in [1.54, 1.807) is 7.11 Å². The SMILES string of the molecule is CCN(C(C)CN(C)C)C(CO)C(N)COC. The summed E-state index contributed by atoms with van der Waals surface area (Å²) >= 11 is 0. The van der Waals surface area contributed by atoms with Crippen molar-refractivity contribution in [2.24, 2.45) is 5.73 Å². The van der Waals surface area contributed by atoms with Gasteiger partial charge in [0.15, 0.2) is 0 Å². The molecule has 3 N–H and O–H groups in total. The largest absolute Gasteiger partial charge is 0.395 e. The lowest BCUT2D eigenvalue weighted by molar-refractivity contribution is 0.0441. The van der Waals surface area contributed by atoms with Crippen LogP contribution in [0.4, 0.5) is 0 Å². The minimum Gasteiger partial charge on any atom is -0.395 e. The Kier molecular flexibility index (Phi) is 8.72.